The highest BCUT2D eigenvalue weighted by molar-refractivity contribution is 7.16. The maximum absolute atomic E-state index is 12.3. The highest BCUT2D eigenvalue weighted by Gasteiger charge is 2.12. The fourth-order valence-electron chi connectivity index (χ4n) is 2.56. The Balaban J connectivity index is 1.59. The minimum atomic E-state index is -0.306. The maximum Gasteiger partial charge on any atom is 0.258 e. The number of halogens is 2. The Hall–Kier alpha value is -2.47. The molecule has 4 nitrogen and oxygen atoms in total. The van der Waals surface area contributed by atoms with Gasteiger partial charge in [-0.3, -0.25) is 4.79 Å². The average Bonchev–Trinajstić information content (AvgIpc) is 3.09. The third-order valence-electron chi connectivity index (χ3n) is 3.85. The van der Waals surface area contributed by atoms with Crippen LogP contribution in [0.4, 0.5) is 5.82 Å². The van der Waals surface area contributed by atoms with Gasteiger partial charge >= 0.3 is 0 Å². The number of amides is 1. The summed E-state index contributed by atoms with van der Waals surface area (Å²) in [5.74, 6) is 0.133. The Kier molecular flexibility index (Phi) is 4.59. The Labute approximate surface area is 163 Å². The second kappa shape index (κ2) is 7.03. The minimum Gasteiger partial charge on any atom is -0.307 e. The fourth-order valence-corrected chi connectivity index (χ4v) is 3.74. The lowest BCUT2D eigenvalue weighted by Gasteiger charge is -2.08. The molecule has 1 N–H and O–H groups in total. The summed E-state index contributed by atoms with van der Waals surface area (Å²) in [6.45, 7) is 0. The van der Waals surface area contributed by atoms with E-state index in [0.29, 0.717) is 21.4 Å². The van der Waals surface area contributed by atoms with Crippen LogP contribution in [-0.2, 0) is 0 Å². The molecule has 4 aromatic rings. The molecule has 2 heterocycles. The van der Waals surface area contributed by atoms with Crippen molar-refractivity contribution in [1.82, 2.24) is 9.97 Å². The molecule has 0 saturated heterocycles. The monoisotopic (exact) mass is 399 g/mol. The summed E-state index contributed by atoms with van der Waals surface area (Å²) in [7, 11) is 0. The molecule has 0 fully saturated rings. The number of aromatic nitrogens is 2. The second-order valence-electron chi connectivity index (χ2n) is 5.52. The first kappa shape index (κ1) is 17.0. The predicted octanol–water partition coefficient (Wildman–Crippen LogP) is 5.92. The van der Waals surface area contributed by atoms with Gasteiger partial charge in [0.2, 0.25) is 0 Å². The molecule has 0 aliphatic rings. The lowest BCUT2D eigenvalue weighted by Crippen LogP contribution is -2.13. The summed E-state index contributed by atoms with van der Waals surface area (Å²) in [6, 6.07) is 14.3. The number of benzene rings is 2. The van der Waals surface area contributed by atoms with Crippen molar-refractivity contribution < 1.29 is 4.79 Å². The van der Waals surface area contributed by atoms with E-state index >= 15 is 0 Å². The molecule has 26 heavy (non-hydrogen) atoms. The van der Waals surface area contributed by atoms with Gasteiger partial charge in [-0.2, -0.15) is 0 Å². The van der Waals surface area contributed by atoms with E-state index in [4.69, 9.17) is 23.2 Å². The van der Waals surface area contributed by atoms with E-state index in [-0.39, 0.29) is 5.91 Å². The van der Waals surface area contributed by atoms with E-state index in [1.54, 1.807) is 53.4 Å². The van der Waals surface area contributed by atoms with Crippen molar-refractivity contribution >= 4 is 56.5 Å². The van der Waals surface area contributed by atoms with Gasteiger partial charge < -0.3 is 5.32 Å². The van der Waals surface area contributed by atoms with Gasteiger partial charge in [-0.15, -0.1) is 11.3 Å². The summed E-state index contributed by atoms with van der Waals surface area (Å²) in [5, 5.41) is 3.75. The number of carbonyl (C=O) groups is 1. The molecule has 1 amide bonds. The lowest BCUT2D eigenvalue weighted by molar-refractivity contribution is 0.102. The van der Waals surface area contributed by atoms with Crippen LogP contribution in [0.3, 0.4) is 0 Å². The fraction of sp³-hybridized carbons (Fsp3) is 0. The number of rotatable bonds is 3. The zero-order valence-electron chi connectivity index (χ0n) is 13.2. The van der Waals surface area contributed by atoms with Crippen molar-refractivity contribution in [3.63, 3.8) is 0 Å². The van der Waals surface area contributed by atoms with Crippen LogP contribution in [0.2, 0.25) is 10.0 Å². The van der Waals surface area contributed by atoms with Gasteiger partial charge in [0.1, 0.15) is 5.82 Å². The molecule has 2 aromatic carbocycles. The van der Waals surface area contributed by atoms with Crippen LogP contribution in [-0.4, -0.2) is 15.9 Å². The number of fused-ring (bicyclic) bond motifs is 1. The molecule has 0 spiro atoms. The lowest BCUT2D eigenvalue weighted by atomic mass is 10.1. The van der Waals surface area contributed by atoms with Gasteiger partial charge in [0.05, 0.1) is 31.3 Å². The number of hydrogen-bond donors (Lipinski definition) is 1. The van der Waals surface area contributed by atoms with Crippen molar-refractivity contribution in [3.8, 4) is 11.1 Å². The maximum atomic E-state index is 12.3. The molecule has 0 saturated carbocycles. The standard InChI is InChI=1S/C19H11Cl2N3OS/c20-14-4-2-1-3-12(14)19(25)24-18-6-5-11(9-22-18)13-7-17-16(8-15(13)21)23-10-26-17/h1-10H,(H,22,24,25). The Morgan fingerprint density at radius 1 is 1.00 bits per heavy atom. The number of thiazole rings is 1. The van der Waals surface area contributed by atoms with Crippen LogP contribution in [0, 0.1) is 0 Å². The van der Waals surface area contributed by atoms with E-state index in [2.05, 4.69) is 15.3 Å². The van der Waals surface area contributed by atoms with Gasteiger partial charge in [-0.05, 0) is 36.4 Å². The van der Waals surface area contributed by atoms with Crippen LogP contribution in [0.1, 0.15) is 10.4 Å². The number of nitrogens with zero attached hydrogens (tertiary/aromatic N) is 2. The molecule has 0 unspecified atom stereocenters. The molecule has 2 aromatic heterocycles. The summed E-state index contributed by atoms with van der Waals surface area (Å²) in [5.41, 5.74) is 4.80. The molecule has 7 heteroatoms. The topological polar surface area (TPSA) is 54.9 Å². The highest BCUT2D eigenvalue weighted by Crippen LogP contribution is 2.33. The first-order valence-electron chi connectivity index (χ1n) is 7.67. The van der Waals surface area contributed by atoms with E-state index in [1.165, 1.54) is 0 Å². The van der Waals surface area contributed by atoms with Crippen molar-refractivity contribution in [1.29, 1.82) is 0 Å². The summed E-state index contributed by atoms with van der Waals surface area (Å²) >= 11 is 14.0. The first-order chi connectivity index (χ1) is 12.6. The van der Waals surface area contributed by atoms with Gasteiger partial charge in [-0.25, -0.2) is 9.97 Å². The molecule has 0 atom stereocenters. The average molecular weight is 400 g/mol. The van der Waals surface area contributed by atoms with Crippen LogP contribution in [0.5, 0.6) is 0 Å². The predicted molar refractivity (Wildman–Crippen MR) is 107 cm³/mol. The summed E-state index contributed by atoms with van der Waals surface area (Å²) in [4.78, 5) is 20.9. The summed E-state index contributed by atoms with van der Waals surface area (Å²) in [6.07, 6.45) is 1.68. The van der Waals surface area contributed by atoms with E-state index < -0.39 is 0 Å². The Morgan fingerprint density at radius 3 is 2.62 bits per heavy atom. The minimum absolute atomic E-state index is 0.306. The second-order valence-corrected chi connectivity index (χ2v) is 7.22. The zero-order valence-corrected chi connectivity index (χ0v) is 15.6. The number of hydrogen-bond acceptors (Lipinski definition) is 4. The molecular formula is C19H11Cl2N3OS. The van der Waals surface area contributed by atoms with Crippen LogP contribution < -0.4 is 5.32 Å². The number of nitrogens with one attached hydrogen (secondary N) is 1. The number of pyridine rings is 1. The molecule has 128 valence electrons. The SMILES string of the molecule is O=C(Nc1ccc(-c2cc3scnc3cc2Cl)cn1)c1ccccc1Cl. The molecule has 4 rings (SSSR count). The Morgan fingerprint density at radius 2 is 1.85 bits per heavy atom. The molecule has 0 aliphatic heterocycles. The van der Waals surface area contributed by atoms with Crippen molar-refractivity contribution in [2.75, 3.05) is 5.32 Å². The van der Waals surface area contributed by atoms with Crippen molar-refractivity contribution in [3.05, 3.63) is 75.8 Å². The largest absolute Gasteiger partial charge is 0.307 e. The Bertz CT molecular complexity index is 1110. The van der Waals surface area contributed by atoms with Crippen LogP contribution in [0.25, 0.3) is 21.3 Å². The van der Waals surface area contributed by atoms with Crippen molar-refractivity contribution in [2.24, 2.45) is 0 Å². The molecule has 0 bridgehead atoms. The van der Waals surface area contributed by atoms with Gasteiger partial charge in [0.25, 0.3) is 5.91 Å². The smallest absolute Gasteiger partial charge is 0.258 e. The van der Waals surface area contributed by atoms with E-state index in [9.17, 15) is 4.79 Å². The van der Waals surface area contributed by atoms with E-state index in [0.717, 1.165) is 21.3 Å². The van der Waals surface area contributed by atoms with Gasteiger partial charge in [0, 0.05) is 17.3 Å². The first-order valence-corrected chi connectivity index (χ1v) is 9.30. The zero-order chi connectivity index (χ0) is 18.1. The number of anilines is 1. The number of carbonyl (C=O) groups excluding carboxylic acids is 1. The molecule has 0 radical (unpaired) electrons. The van der Waals surface area contributed by atoms with E-state index in [1.807, 2.05) is 18.2 Å². The van der Waals surface area contributed by atoms with Gasteiger partial charge in [-0.1, -0.05) is 35.3 Å². The summed E-state index contributed by atoms with van der Waals surface area (Å²) < 4.78 is 1.06. The molecular weight excluding hydrogens is 389 g/mol. The third kappa shape index (κ3) is 3.29. The van der Waals surface area contributed by atoms with Gasteiger partial charge in [0.15, 0.2) is 0 Å². The molecule has 0 aliphatic carbocycles. The van der Waals surface area contributed by atoms with Crippen molar-refractivity contribution in [2.45, 2.75) is 0 Å². The highest BCUT2D eigenvalue weighted by atomic mass is 35.5. The quantitative estimate of drug-likeness (QED) is 0.465. The van der Waals surface area contributed by atoms with Crippen LogP contribution >= 0.6 is 34.5 Å². The normalized spacial score (nSPS) is 10.8. The third-order valence-corrected chi connectivity index (χ3v) is 5.29. The van der Waals surface area contributed by atoms with Crippen LogP contribution in [0.15, 0.2) is 60.2 Å².